The molecular formula is C28H45NO4. The maximum absolute atomic E-state index is 11.7. The second-order valence-electron chi connectivity index (χ2n) is 8.82. The first-order chi connectivity index (χ1) is 16.1. The Balaban J connectivity index is 0.000000451. The summed E-state index contributed by atoms with van der Waals surface area (Å²) in [5.41, 5.74) is 0.645. The number of benzene rings is 1. The van der Waals surface area contributed by atoms with Crippen LogP contribution in [-0.2, 0) is 14.3 Å². The first kappa shape index (κ1) is 28.9. The third-order valence-corrected chi connectivity index (χ3v) is 6.07. The van der Waals surface area contributed by atoms with Gasteiger partial charge in [-0.25, -0.2) is 0 Å². The van der Waals surface area contributed by atoms with Crippen LogP contribution in [0.15, 0.2) is 42.5 Å². The van der Waals surface area contributed by atoms with E-state index in [2.05, 4.69) is 31.4 Å². The Hall–Kier alpha value is -2.14. The van der Waals surface area contributed by atoms with Gasteiger partial charge >= 0.3 is 11.9 Å². The van der Waals surface area contributed by atoms with E-state index >= 15 is 0 Å². The van der Waals surface area contributed by atoms with Gasteiger partial charge in [-0.15, -0.1) is 0 Å². The molecule has 1 fully saturated rings. The van der Waals surface area contributed by atoms with Crippen molar-refractivity contribution in [3.8, 4) is 0 Å². The molecule has 1 saturated carbocycles. The minimum atomic E-state index is -0.983. The summed E-state index contributed by atoms with van der Waals surface area (Å²) in [6.07, 6.45) is 19.6. The van der Waals surface area contributed by atoms with Crippen LogP contribution in [0.3, 0.4) is 0 Å². The maximum Gasteiger partial charge on any atom is 0.314 e. The lowest BCUT2D eigenvalue weighted by molar-refractivity contribution is -0.148. The first-order valence-corrected chi connectivity index (χ1v) is 12.8. The van der Waals surface area contributed by atoms with Crippen molar-refractivity contribution in [3.63, 3.8) is 0 Å². The molecule has 0 amide bonds. The van der Waals surface area contributed by atoms with Crippen LogP contribution < -0.4 is 5.32 Å². The molecule has 0 heterocycles. The van der Waals surface area contributed by atoms with E-state index in [9.17, 15) is 14.7 Å². The summed E-state index contributed by atoms with van der Waals surface area (Å²) in [5, 5.41) is 12.6. The number of hydrogen-bond donors (Lipinski definition) is 2. The standard InChI is InChI=1S/C19H26O4.C9H19N/c1-2-3-4-5-6-7-11-14-18(20)23-15-17(19(21)22)16-12-9-8-10-13-16;1-10-9-7-5-3-2-4-6-8-9/h5-6,8-10,12-13,17H,2-4,7,11,14-15H2,1H3,(H,21,22);9-10H,2-8H2,1H3/b6-5-;. The van der Waals surface area contributed by atoms with E-state index in [4.69, 9.17) is 4.74 Å². The van der Waals surface area contributed by atoms with Gasteiger partial charge in [0.25, 0.3) is 0 Å². The second kappa shape index (κ2) is 19.3. The normalized spacial score (nSPS) is 15.7. The van der Waals surface area contributed by atoms with Crippen LogP contribution in [0.5, 0.6) is 0 Å². The monoisotopic (exact) mass is 459 g/mol. The fourth-order valence-electron chi connectivity index (χ4n) is 3.91. The topological polar surface area (TPSA) is 75.6 Å². The van der Waals surface area contributed by atoms with Crippen molar-refractivity contribution in [1.29, 1.82) is 0 Å². The molecule has 1 unspecified atom stereocenters. The zero-order chi connectivity index (χ0) is 24.2. The number of carbonyl (C=O) groups is 2. The molecule has 2 rings (SSSR count). The summed E-state index contributed by atoms with van der Waals surface area (Å²) in [4.78, 5) is 23.0. The second-order valence-corrected chi connectivity index (χ2v) is 8.82. The summed E-state index contributed by atoms with van der Waals surface area (Å²) < 4.78 is 5.12. The fourth-order valence-corrected chi connectivity index (χ4v) is 3.91. The molecular weight excluding hydrogens is 414 g/mol. The zero-order valence-electron chi connectivity index (χ0n) is 20.8. The largest absolute Gasteiger partial charge is 0.481 e. The number of carboxylic acids is 1. The average Bonchev–Trinajstić information content (AvgIpc) is 2.79. The number of carbonyl (C=O) groups excluding carboxylic acids is 1. The molecule has 1 aliphatic rings. The molecule has 0 saturated heterocycles. The third kappa shape index (κ3) is 14.6. The van der Waals surface area contributed by atoms with E-state index in [1.165, 1.54) is 57.8 Å². The number of rotatable bonds is 12. The molecule has 5 nitrogen and oxygen atoms in total. The van der Waals surface area contributed by atoms with Crippen LogP contribution >= 0.6 is 0 Å². The maximum atomic E-state index is 11.7. The third-order valence-electron chi connectivity index (χ3n) is 6.07. The van der Waals surface area contributed by atoms with E-state index in [1.807, 2.05) is 6.07 Å². The molecule has 33 heavy (non-hydrogen) atoms. The van der Waals surface area contributed by atoms with Gasteiger partial charge in [0.15, 0.2) is 0 Å². The van der Waals surface area contributed by atoms with Gasteiger partial charge in [-0.3, -0.25) is 9.59 Å². The number of esters is 1. The Morgan fingerprint density at radius 3 is 2.21 bits per heavy atom. The van der Waals surface area contributed by atoms with Crippen LogP contribution in [0, 0.1) is 0 Å². The first-order valence-electron chi connectivity index (χ1n) is 12.8. The predicted octanol–water partition coefficient (Wildman–Crippen LogP) is 6.63. The Morgan fingerprint density at radius 1 is 1.03 bits per heavy atom. The van der Waals surface area contributed by atoms with Crippen molar-refractivity contribution < 1.29 is 19.4 Å². The van der Waals surface area contributed by atoms with Crippen molar-refractivity contribution in [2.75, 3.05) is 13.7 Å². The zero-order valence-corrected chi connectivity index (χ0v) is 20.8. The lowest BCUT2D eigenvalue weighted by atomic mass is 9.97. The van der Waals surface area contributed by atoms with Crippen molar-refractivity contribution in [1.82, 2.24) is 5.32 Å². The number of carboxylic acid groups (broad SMARTS) is 1. The molecule has 1 aromatic rings. The highest BCUT2D eigenvalue weighted by Crippen LogP contribution is 2.17. The predicted molar refractivity (Wildman–Crippen MR) is 135 cm³/mol. The fraction of sp³-hybridized carbons (Fsp3) is 0.643. The number of ether oxygens (including phenoxy) is 1. The minimum absolute atomic E-state index is 0.121. The summed E-state index contributed by atoms with van der Waals surface area (Å²) in [6.45, 7) is 2.04. The molecule has 0 radical (unpaired) electrons. The van der Waals surface area contributed by atoms with Gasteiger partial charge in [-0.2, -0.15) is 0 Å². The van der Waals surface area contributed by atoms with Crippen LogP contribution in [0.25, 0.3) is 0 Å². The molecule has 0 aromatic heterocycles. The van der Waals surface area contributed by atoms with Gasteiger partial charge in [0, 0.05) is 12.5 Å². The highest BCUT2D eigenvalue weighted by atomic mass is 16.5. The van der Waals surface area contributed by atoms with Crippen molar-refractivity contribution >= 4 is 11.9 Å². The number of nitrogens with one attached hydrogen (secondary N) is 1. The number of hydrogen-bond acceptors (Lipinski definition) is 4. The molecule has 0 spiro atoms. The number of aliphatic carboxylic acids is 1. The molecule has 2 N–H and O–H groups in total. The smallest absolute Gasteiger partial charge is 0.314 e. The molecule has 0 bridgehead atoms. The van der Waals surface area contributed by atoms with Crippen molar-refractivity contribution in [3.05, 3.63) is 48.0 Å². The lowest BCUT2D eigenvalue weighted by Gasteiger charge is -2.18. The van der Waals surface area contributed by atoms with Crippen molar-refractivity contribution in [2.45, 2.75) is 102 Å². The van der Waals surface area contributed by atoms with Gasteiger partial charge in [-0.05, 0) is 44.7 Å². The van der Waals surface area contributed by atoms with Crippen LogP contribution in [-0.4, -0.2) is 36.7 Å². The summed E-state index contributed by atoms with van der Waals surface area (Å²) in [5.74, 6) is -2.13. The summed E-state index contributed by atoms with van der Waals surface area (Å²) in [6, 6.07) is 9.65. The van der Waals surface area contributed by atoms with E-state index in [0.717, 1.165) is 25.3 Å². The van der Waals surface area contributed by atoms with E-state index in [1.54, 1.807) is 24.3 Å². The van der Waals surface area contributed by atoms with Gasteiger partial charge in [-0.1, -0.05) is 94.4 Å². The van der Waals surface area contributed by atoms with Gasteiger partial charge in [0.1, 0.15) is 12.5 Å². The van der Waals surface area contributed by atoms with Crippen LogP contribution in [0.1, 0.15) is 102 Å². The molecule has 0 aliphatic heterocycles. The summed E-state index contributed by atoms with van der Waals surface area (Å²) in [7, 11) is 2.09. The Labute approximate surface area is 201 Å². The van der Waals surface area contributed by atoms with Crippen molar-refractivity contribution in [2.24, 2.45) is 0 Å². The van der Waals surface area contributed by atoms with Crippen LogP contribution in [0.2, 0.25) is 0 Å². The molecule has 1 atom stereocenters. The highest BCUT2D eigenvalue weighted by molar-refractivity contribution is 5.77. The van der Waals surface area contributed by atoms with Gasteiger partial charge < -0.3 is 15.2 Å². The SMILES string of the molecule is CCCC/C=C\CCCC(=O)OCC(C(=O)O)c1ccccc1.CNC1CCCCCCC1. The lowest BCUT2D eigenvalue weighted by Crippen LogP contribution is -2.25. The molecule has 1 aliphatic carbocycles. The van der Waals surface area contributed by atoms with Crippen LogP contribution in [0.4, 0.5) is 0 Å². The molecule has 5 heteroatoms. The van der Waals surface area contributed by atoms with E-state index in [0.29, 0.717) is 12.0 Å². The number of allylic oxidation sites excluding steroid dienone is 2. The molecule has 186 valence electrons. The highest BCUT2D eigenvalue weighted by Gasteiger charge is 2.21. The average molecular weight is 460 g/mol. The van der Waals surface area contributed by atoms with Gasteiger partial charge in [0.05, 0.1) is 0 Å². The Kier molecular flexibility index (Phi) is 16.9. The Bertz CT molecular complexity index is 651. The number of unbranched alkanes of at least 4 members (excludes halogenated alkanes) is 3. The summed E-state index contributed by atoms with van der Waals surface area (Å²) >= 11 is 0. The van der Waals surface area contributed by atoms with E-state index in [-0.39, 0.29) is 12.6 Å². The Morgan fingerprint density at radius 2 is 1.64 bits per heavy atom. The van der Waals surface area contributed by atoms with E-state index < -0.39 is 11.9 Å². The quantitative estimate of drug-likeness (QED) is 0.208. The van der Waals surface area contributed by atoms with Gasteiger partial charge in [0.2, 0.25) is 0 Å². The molecule has 1 aromatic carbocycles. The minimum Gasteiger partial charge on any atom is -0.481 e.